The van der Waals surface area contributed by atoms with Crippen molar-refractivity contribution in [2.24, 2.45) is 5.10 Å². The van der Waals surface area contributed by atoms with Gasteiger partial charge in [-0.05, 0) is 35.9 Å². The maximum absolute atomic E-state index is 12.9. The van der Waals surface area contributed by atoms with Crippen molar-refractivity contribution < 1.29 is 13.9 Å². The first-order valence-electron chi connectivity index (χ1n) is 7.42. The summed E-state index contributed by atoms with van der Waals surface area (Å²) in [5.41, 5.74) is 5.40. The predicted octanol–water partition coefficient (Wildman–Crippen LogP) is 4.41. The predicted molar refractivity (Wildman–Crippen MR) is 98.3 cm³/mol. The van der Waals surface area contributed by atoms with Crippen LogP contribution in [-0.2, 0) is 0 Å². The molecule has 0 fully saturated rings. The summed E-state index contributed by atoms with van der Waals surface area (Å²) in [4.78, 5) is 4.49. The van der Waals surface area contributed by atoms with E-state index in [0.717, 1.165) is 16.8 Å². The van der Waals surface area contributed by atoms with Crippen LogP contribution in [0.5, 0.6) is 11.5 Å². The minimum absolute atomic E-state index is 0.274. The van der Waals surface area contributed by atoms with Crippen LogP contribution < -0.4 is 14.9 Å². The van der Waals surface area contributed by atoms with E-state index in [-0.39, 0.29) is 5.82 Å². The second kappa shape index (κ2) is 7.76. The fourth-order valence-corrected chi connectivity index (χ4v) is 2.83. The van der Waals surface area contributed by atoms with Crippen LogP contribution in [0, 0.1) is 5.82 Å². The third-order valence-electron chi connectivity index (χ3n) is 3.43. The van der Waals surface area contributed by atoms with Gasteiger partial charge in [-0.15, -0.1) is 11.3 Å². The number of thiazole rings is 1. The lowest BCUT2D eigenvalue weighted by molar-refractivity contribution is 0.355. The molecule has 1 N–H and O–H groups in total. The van der Waals surface area contributed by atoms with Gasteiger partial charge in [-0.25, -0.2) is 9.37 Å². The van der Waals surface area contributed by atoms with E-state index in [9.17, 15) is 4.39 Å². The van der Waals surface area contributed by atoms with E-state index in [1.54, 1.807) is 32.6 Å². The smallest absolute Gasteiger partial charge is 0.203 e. The number of hydrogen-bond donors (Lipinski definition) is 1. The van der Waals surface area contributed by atoms with E-state index in [1.165, 1.54) is 23.5 Å². The number of methoxy groups -OCH3 is 2. The van der Waals surface area contributed by atoms with Gasteiger partial charge in [0, 0.05) is 10.9 Å². The normalized spacial score (nSPS) is 10.8. The number of benzene rings is 2. The zero-order valence-corrected chi connectivity index (χ0v) is 14.5. The van der Waals surface area contributed by atoms with Gasteiger partial charge in [-0.1, -0.05) is 12.1 Å². The Balaban J connectivity index is 1.71. The lowest BCUT2D eigenvalue weighted by Gasteiger charge is -2.08. The van der Waals surface area contributed by atoms with Crippen LogP contribution >= 0.6 is 11.3 Å². The van der Waals surface area contributed by atoms with Crippen molar-refractivity contribution >= 4 is 22.7 Å². The number of hydrogen-bond acceptors (Lipinski definition) is 6. The molecule has 7 heteroatoms. The molecule has 0 saturated heterocycles. The Morgan fingerprint density at radius 2 is 1.84 bits per heavy atom. The van der Waals surface area contributed by atoms with Gasteiger partial charge in [0.2, 0.25) is 5.13 Å². The summed E-state index contributed by atoms with van der Waals surface area (Å²) >= 11 is 1.44. The first-order chi connectivity index (χ1) is 12.2. The van der Waals surface area contributed by atoms with E-state index < -0.39 is 0 Å². The SMILES string of the molecule is COc1ccc(-c2csc(N/N=C/c3ccc(F)cc3)n2)cc1OC. The van der Waals surface area contributed by atoms with E-state index in [4.69, 9.17) is 9.47 Å². The summed E-state index contributed by atoms with van der Waals surface area (Å²) in [5.74, 6) is 1.05. The van der Waals surface area contributed by atoms with Crippen molar-refractivity contribution in [3.63, 3.8) is 0 Å². The summed E-state index contributed by atoms with van der Waals surface area (Å²) in [5, 5.41) is 6.70. The van der Waals surface area contributed by atoms with Crippen LogP contribution in [-0.4, -0.2) is 25.4 Å². The van der Waals surface area contributed by atoms with Crippen molar-refractivity contribution in [1.29, 1.82) is 0 Å². The Labute approximate surface area is 148 Å². The molecule has 0 aliphatic rings. The second-order valence-corrected chi connectivity index (χ2v) is 5.89. The molecule has 0 unspecified atom stereocenters. The molecule has 0 saturated carbocycles. The molecular weight excluding hydrogens is 341 g/mol. The van der Waals surface area contributed by atoms with Gasteiger partial charge in [0.15, 0.2) is 11.5 Å². The fraction of sp³-hybridized carbons (Fsp3) is 0.111. The molecule has 3 aromatic rings. The van der Waals surface area contributed by atoms with Gasteiger partial charge >= 0.3 is 0 Å². The summed E-state index contributed by atoms with van der Waals surface area (Å²) < 4.78 is 23.4. The van der Waals surface area contributed by atoms with E-state index in [2.05, 4.69) is 15.5 Å². The summed E-state index contributed by atoms with van der Waals surface area (Å²) in [6.07, 6.45) is 1.61. The zero-order valence-electron chi connectivity index (χ0n) is 13.7. The maximum Gasteiger partial charge on any atom is 0.203 e. The van der Waals surface area contributed by atoms with Crippen molar-refractivity contribution in [3.8, 4) is 22.8 Å². The van der Waals surface area contributed by atoms with E-state index in [0.29, 0.717) is 16.6 Å². The van der Waals surface area contributed by atoms with Gasteiger partial charge in [-0.3, -0.25) is 5.43 Å². The summed E-state index contributed by atoms with van der Waals surface area (Å²) in [6.45, 7) is 0. The van der Waals surface area contributed by atoms with Crippen molar-refractivity contribution in [3.05, 3.63) is 59.2 Å². The Morgan fingerprint density at radius 3 is 2.56 bits per heavy atom. The van der Waals surface area contributed by atoms with Crippen molar-refractivity contribution in [2.75, 3.05) is 19.6 Å². The number of nitrogens with zero attached hydrogens (tertiary/aromatic N) is 2. The van der Waals surface area contributed by atoms with Crippen LogP contribution in [0.2, 0.25) is 0 Å². The standard InChI is InChI=1S/C18H16FN3O2S/c1-23-16-8-5-13(9-17(16)24-2)15-11-25-18(21-15)22-20-10-12-3-6-14(19)7-4-12/h3-11H,1-2H3,(H,21,22)/b20-10+. The molecule has 1 aromatic heterocycles. The maximum atomic E-state index is 12.9. The molecule has 128 valence electrons. The number of hydrazone groups is 1. The highest BCUT2D eigenvalue weighted by Crippen LogP contribution is 2.33. The molecular formula is C18H16FN3O2S. The highest BCUT2D eigenvalue weighted by Gasteiger charge is 2.09. The number of halogens is 1. The van der Waals surface area contributed by atoms with Gasteiger partial charge in [0.05, 0.1) is 26.1 Å². The average molecular weight is 357 g/mol. The molecule has 0 atom stereocenters. The highest BCUT2D eigenvalue weighted by molar-refractivity contribution is 7.14. The Kier molecular flexibility index (Phi) is 5.25. The highest BCUT2D eigenvalue weighted by atomic mass is 32.1. The quantitative estimate of drug-likeness (QED) is 0.524. The summed E-state index contributed by atoms with van der Waals surface area (Å²) in [7, 11) is 3.20. The van der Waals surface area contributed by atoms with E-state index >= 15 is 0 Å². The van der Waals surface area contributed by atoms with Gasteiger partial charge in [-0.2, -0.15) is 5.10 Å². The molecule has 3 rings (SSSR count). The lowest BCUT2D eigenvalue weighted by atomic mass is 10.1. The van der Waals surface area contributed by atoms with Gasteiger partial charge < -0.3 is 9.47 Å². The molecule has 0 spiro atoms. The first-order valence-corrected chi connectivity index (χ1v) is 8.30. The van der Waals surface area contributed by atoms with Crippen LogP contribution in [0.25, 0.3) is 11.3 Å². The minimum Gasteiger partial charge on any atom is -0.493 e. The Morgan fingerprint density at radius 1 is 1.08 bits per heavy atom. The first kappa shape index (κ1) is 16.9. The topological polar surface area (TPSA) is 55.7 Å². The Hall–Kier alpha value is -2.93. The molecule has 0 aliphatic carbocycles. The van der Waals surface area contributed by atoms with E-state index in [1.807, 2.05) is 23.6 Å². The Bertz CT molecular complexity index is 878. The van der Waals surface area contributed by atoms with Crippen LogP contribution in [0.1, 0.15) is 5.56 Å². The number of anilines is 1. The van der Waals surface area contributed by atoms with Gasteiger partial charge in [0.1, 0.15) is 5.82 Å². The molecule has 0 amide bonds. The molecule has 0 aliphatic heterocycles. The lowest BCUT2D eigenvalue weighted by Crippen LogP contribution is -1.92. The largest absolute Gasteiger partial charge is 0.493 e. The van der Waals surface area contributed by atoms with Crippen molar-refractivity contribution in [1.82, 2.24) is 4.98 Å². The van der Waals surface area contributed by atoms with Crippen LogP contribution in [0.4, 0.5) is 9.52 Å². The third kappa shape index (κ3) is 4.13. The second-order valence-electron chi connectivity index (χ2n) is 5.03. The number of rotatable bonds is 6. The molecule has 5 nitrogen and oxygen atoms in total. The zero-order chi connectivity index (χ0) is 17.6. The minimum atomic E-state index is -0.274. The molecule has 2 aromatic carbocycles. The molecule has 0 radical (unpaired) electrons. The summed E-state index contributed by atoms with van der Waals surface area (Å²) in [6, 6.07) is 11.7. The van der Waals surface area contributed by atoms with Gasteiger partial charge in [0.25, 0.3) is 0 Å². The average Bonchev–Trinajstić information content (AvgIpc) is 3.11. The monoisotopic (exact) mass is 357 g/mol. The fourth-order valence-electron chi connectivity index (χ4n) is 2.16. The number of aromatic nitrogens is 1. The van der Waals surface area contributed by atoms with Crippen LogP contribution in [0.15, 0.2) is 52.9 Å². The molecule has 0 bridgehead atoms. The third-order valence-corrected chi connectivity index (χ3v) is 4.17. The van der Waals surface area contributed by atoms with Crippen LogP contribution in [0.3, 0.4) is 0 Å². The number of nitrogens with one attached hydrogen (secondary N) is 1. The van der Waals surface area contributed by atoms with Crippen molar-refractivity contribution in [2.45, 2.75) is 0 Å². The molecule has 25 heavy (non-hydrogen) atoms. The molecule has 1 heterocycles. The number of ether oxygens (including phenoxy) is 2.